The molecule has 2 aromatic rings. The molecule has 10 nitrogen and oxygen atoms in total. The zero-order chi connectivity index (χ0) is 19.6. The number of urea groups is 1. The molecule has 0 spiro atoms. The minimum atomic E-state index is -0.191. The lowest BCUT2D eigenvalue weighted by Crippen LogP contribution is -2.38. The fourth-order valence-corrected chi connectivity index (χ4v) is 3.07. The number of nitrogens with one attached hydrogen (secondary N) is 2. The van der Waals surface area contributed by atoms with E-state index < -0.39 is 0 Å². The Bertz CT molecular complexity index is 860. The number of aromatic nitrogens is 3. The molecule has 0 radical (unpaired) electrons. The lowest BCUT2D eigenvalue weighted by Gasteiger charge is -2.24. The third kappa shape index (κ3) is 4.64. The van der Waals surface area contributed by atoms with Gasteiger partial charge in [0, 0.05) is 51.9 Å². The highest BCUT2D eigenvalue weighted by Crippen LogP contribution is 2.18. The second-order valence-electron chi connectivity index (χ2n) is 7.01. The molecule has 2 N–H and O–H groups in total. The predicted octanol–water partition coefficient (Wildman–Crippen LogP) is 0.871. The standard InChI is InChI=1S/C17H25N7O3/c1-11-7-14(21-27-11)19-17(26)24-6-5-13(10-24)23(4)9-12-8-15(25)20-16(18-12)22(2)3/h7-8,13H,5-6,9-10H2,1-4H3,(H,18,20,25)(H,19,21,26)/t13-/m0/s1. The molecule has 0 aliphatic carbocycles. The second kappa shape index (κ2) is 7.78. The number of carbonyl (C=O) groups is 1. The van der Waals surface area contributed by atoms with Crippen LogP contribution in [0.5, 0.6) is 0 Å². The summed E-state index contributed by atoms with van der Waals surface area (Å²) in [7, 11) is 5.64. The first-order valence-electron chi connectivity index (χ1n) is 8.79. The van der Waals surface area contributed by atoms with E-state index in [1.807, 2.05) is 21.1 Å². The summed E-state index contributed by atoms with van der Waals surface area (Å²) in [4.78, 5) is 37.0. The largest absolute Gasteiger partial charge is 0.360 e. The van der Waals surface area contributed by atoms with E-state index >= 15 is 0 Å². The number of likely N-dealkylation sites (tertiary alicyclic amines) is 1. The van der Waals surface area contributed by atoms with Gasteiger partial charge in [-0.05, 0) is 20.4 Å². The van der Waals surface area contributed by atoms with Crippen molar-refractivity contribution in [3.8, 4) is 0 Å². The summed E-state index contributed by atoms with van der Waals surface area (Å²) in [5, 5.41) is 6.52. The third-order valence-electron chi connectivity index (χ3n) is 4.55. The highest BCUT2D eigenvalue weighted by molar-refractivity contribution is 5.88. The summed E-state index contributed by atoms with van der Waals surface area (Å²) in [5.74, 6) is 1.59. The van der Waals surface area contributed by atoms with Gasteiger partial charge in [-0.3, -0.25) is 20.0 Å². The van der Waals surface area contributed by atoms with Crippen LogP contribution in [0.15, 0.2) is 21.5 Å². The molecule has 0 bridgehead atoms. The Morgan fingerprint density at radius 2 is 2.19 bits per heavy atom. The average Bonchev–Trinajstić information content (AvgIpc) is 3.23. The molecule has 0 saturated carbocycles. The minimum Gasteiger partial charge on any atom is -0.360 e. The van der Waals surface area contributed by atoms with E-state index in [0.717, 1.165) is 6.42 Å². The van der Waals surface area contributed by atoms with Crippen molar-refractivity contribution in [2.75, 3.05) is 44.4 Å². The van der Waals surface area contributed by atoms with Crippen LogP contribution in [-0.4, -0.2) is 71.2 Å². The monoisotopic (exact) mass is 375 g/mol. The number of carbonyl (C=O) groups excluding carboxylic acids is 1. The first kappa shape index (κ1) is 18.9. The number of hydrogen-bond donors (Lipinski definition) is 2. The highest BCUT2D eigenvalue weighted by atomic mass is 16.5. The number of nitrogens with zero attached hydrogens (tertiary/aromatic N) is 5. The Morgan fingerprint density at radius 1 is 1.41 bits per heavy atom. The van der Waals surface area contributed by atoms with Gasteiger partial charge in [0.25, 0.3) is 5.56 Å². The Labute approximate surface area is 157 Å². The molecule has 0 unspecified atom stereocenters. The molecule has 1 aliphatic rings. The van der Waals surface area contributed by atoms with Gasteiger partial charge in [0.05, 0.1) is 5.69 Å². The second-order valence-corrected chi connectivity index (χ2v) is 7.01. The Kier molecular flexibility index (Phi) is 5.45. The SMILES string of the molecule is Cc1cc(NC(=O)N2CC[C@H](N(C)Cc3cc(=O)[nH]c(N(C)C)n3)C2)no1. The van der Waals surface area contributed by atoms with Gasteiger partial charge >= 0.3 is 6.03 Å². The van der Waals surface area contributed by atoms with Crippen LogP contribution in [0, 0.1) is 6.92 Å². The smallest absolute Gasteiger partial charge is 0.323 e. The topological polar surface area (TPSA) is 111 Å². The van der Waals surface area contributed by atoms with Gasteiger partial charge in [-0.25, -0.2) is 9.78 Å². The van der Waals surface area contributed by atoms with Crippen LogP contribution >= 0.6 is 0 Å². The van der Waals surface area contributed by atoms with Gasteiger partial charge in [-0.1, -0.05) is 5.16 Å². The summed E-state index contributed by atoms with van der Waals surface area (Å²) in [6.45, 7) is 3.56. The Balaban J connectivity index is 1.58. The first-order valence-corrected chi connectivity index (χ1v) is 8.79. The van der Waals surface area contributed by atoms with E-state index in [2.05, 4.69) is 25.3 Å². The fourth-order valence-electron chi connectivity index (χ4n) is 3.07. The molecule has 1 saturated heterocycles. The van der Waals surface area contributed by atoms with Crippen LogP contribution in [0.1, 0.15) is 17.9 Å². The summed E-state index contributed by atoms with van der Waals surface area (Å²) >= 11 is 0. The maximum absolute atomic E-state index is 12.4. The Hall–Kier alpha value is -2.88. The molecule has 10 heteroatoms. The molecular weight excluding hydrogens is 350 g/mol. The molecule has 1 aliphatic heterocycles. The van der Waals surface area contributed by atoms with Gasteiger partial charge in [0.1, 0.15) is 5.76 Å². The van der Waals surface area contributed by atoms with E-state index in [9.17, 15) is 9.59 Å². The van der Waals surface area contributed by atoms with Crippen LogP contribution in [0.2, 0.25) is 0 Å². The quantitative estimate of drug-likeness (QED) is 0.798. The van der Waals surface area contributed by atoms with Crippen LogP contribution < -0.4 is 15.8 Å². The van der Waals surface area contributed by atoms with Crippen LogP contribution in [0.3, 0.4) is 0 Å². The normalized spacial score (nSPS) is 16.8. The molecule has 2 aromatic heterocycles. The fraction of sp³-hybridized carbons (Fsp3) is 0.529. The molecule has 1 atom stereocenters. The lowest BCUT2D eigenvalue weighted by atomic mass is 10.2. The number of H-pyrrole nitrogens is 1. The van der Waals surface area contributed by atoms with E-state index in [-0.39, 0.29) is 17.6 Å². The Morgan fingerprint density at radius 3 is 2.85 bits per heavy atom. The zero-order valence-corrected chi connectivity index (χ0v) is 16.0. The van der Waals surface area contributed by atoms with Gasteiger partial charge in [-0.2, -0.15) is 0 Å². The number of rotatable bonds is 5. The van der Waals surface area contributed by atoms with Crippen molar-refractivity contribution in [1.29, 1.82) is 0 Å². The molecule has 3 heterocycles. The van der Waals surface area contributed by atoms with E-state index in [0.29, 0.717) is 42.9 Å². The number of likely N-dealkylation sites (N-methyl/N-ethyl adjacent to an activating group) is 1. The molecule has 146 valence electrons. The third-order valence-corrected chi connectivity index (χ3v) is 4.55. The summed E-state index contributed by atoms with van der Waals surface area (Å²) < 4.78 is 4.96. The number of anilines is 2. The van der Waals surface area contributed by atoms with E-state index in [4.69, 9.17) is 4.52 Å². The maximum Gasteiger partial charge on any atom is 0.323 e. The van der Waals surface area contributed by atoms with E-state index in [1.165, 1.54) is 6.07 Å². The summed E-state index contributed by atoms with van der Waals surface area (Å²) in [6, 6.07) is 3.19. The molecule has 0 aromatic carbocycles. The van der Waals surface area contributed by atoms with Gasteiger partial charge in [0.15, 0.2) is 5.82 Å². The zero-order valence-electron chi connectivity index (χ0n) is 16.0. The van der Waals surface area contributed by atoms with E-state index in [1.54, 1.807) is 22.8 Å². The number of amides is 2. The summed E-state index contributed by atoms with van der Waals surface area (Å²) in [6.07, 6.45) is 0.853. The molecular formula is C17H25N7O3. The molecule has 3 rings (SSSR count). The minimum absolute atomic E-state index is 0.174. The number of hydrogen-bond acceptors (Lipinski definition) is 7. The summed E-state index contributed by atoms with van der Waals surface area (Å²) in [5.41, 5.74) is 0.526. The lowest BCUT2D eigenvalue weighted by molar-refractivity contribution is 0.207. The van der Waals surface area contributed by atoms with Gasteiger partial charge in [-0.15, -0.1) is 0 Å². The van der Waals surface area contributed by atoms with Crippen molar-refractivity contribution in [3.05, 3.63) is 33.9 Å². The number of aromatic amines is 1. The first-order chi connectivity index (χ1) is 12.8. The van der Waals surface area contributed by atoms with Crippen molar-refractivity contribution >= 4 is 17.8 Å². The maximum atomic E-state index is 12.4. The van der Waals surface area contributed by atoms with Gasteiger partial charge < -0.3 is 14.3 Å². The molecule has 27 heavy (non-hydrogen) atoms. The molecule has 2 amide bonds. The average molecular weight is 375 g/mol. The van der Waals surface area contributed by atoms with Gasteiger partial charge in [0.2, 0.25) is 5.95 Å². The van der Waals surface area contributed by atoms with Crippen molar-refractivity contribution in [3.63, 3.8) is 0 Å². The molecule has 1 fully saturated rings. The van der Waals surface area contributed by atoms with Crippen LogP contribution in [0.4, 0.5) is 16.6 Å². The number of aryl methyl sites for hydroxylation is 1. The van der Waals surface area contributed by atoms with Crippen LogP contribution in [0.25, 0.3) is 0 Å². The predicted molar refractivity (Wildman–Crippen MR) is 101 cm³/mol. The van der Waals surface area contributed by atoms with Crippen molar-refractivity contribution < 1.29 is 9.32 Å². The van der Waals surface area contributed by atoms with Crippen molar-refractivity contribution in [2.45, 2.75) is 25.9 Å². The highest BCUT2D eigenvalue weighted by Gasteiger charge is 2.29. The van der Waals surface area contributed by atoms with Crippen molar-refractivity contribution in [1.82, 2.24) is 24.9 Å². The van der Waals surface area contributed by atoms with Crippen LogP contribution in [-0.2, 0) is 6.54 Å². The van der Waals surface area contributed by atoms with Crippen molar-refractivity contribution in [2.24, 2.45) is 0 Å².